The molecule has 0 heterocycles. The van der Waals surface area contributed by atoms with Gasteiger partial charge in [-0.3, -0.25) is 4.79 Å². The molecule has 1 aliphatic rings. The number of carbonyl (C=O) groups excluding carboxylic acids is 1. The second-order valence-corrected chi connectivity index (χ2v) is 8.08. The van der Waals surface area contributed by atoms with Crippen LogP contribution in [0.2, 0.25) is 0 Å². The zero-order valence-corrected chi connectivity index (χ0v) is 17.6. The molecule has 1 fully saturated rings. The number of aryl methyl sites for hydroxylation is 2. The maximum absolute atomic E-state index is 13.4. The van der Waals surface area contributed by atoms with Crippen LogP contribution in [-0.4, -0.2) is 19.1 Å². The highest BCUT2D eigenvalue weighted by atomic mass is 16.5. The van der Waals surface area contributed by atoms with Crippen LogP contribution in [0.1, 0.15) is 56.2 Å². The SMILES string of the molecule is COc1ccc(C2(C(=O)Nc3cc(C)c(OC(C)C)c(C)c3)CCCC2)cc1. The lowest BCUT2D eigenvalue weighted by molar-refractivity contribution is -0.121. The van der Waals surface area contributed by atoms with E-state index in [0.29, 0.717) is 0 Å². The van der Waals surface area contributed by atoms with E-state index in [1.807, 2.05) is 64.1 Å². The van der Waals surface area contributed by atoms with Crippen molar-refractivity contribution >= 4 is 11.6 Å². The number of ether oxygens (including phenoxy) is 2. The Morgan fingerprint density at radius 1 is 1.04 bits per heavy atom. The third-order valence-corrected chi connectivity index (χ3v) is 5.61. The maximum Gasteiger partial charge on any atom is 0.235 e. The fourth-order valence-electron chi connectivity index (χ4n) is 4.23. The molecular weight excluding hydrogens is 350 g/mol. The number of benzene rings is 2. The molecule has 4 heteroatoms. The van der Waals surface area contributed by atoms with Crippen LogP contribution < -0.4 is 14.8 Å². The van der Waals surface area contributed by atoms with Gasteiger partial charge in [0.05, 0.1) is 18.6 Å². The summed E-state index contributed by atoms with van der Waals surface area (Å²) in [7, 11) is 1.66. The summed E-state index contributed by atoms with van der Waals surface area (Å²) in [4.78, 5) is 13.4. The number of anilines is 1. The predicted octanol–water partition coefficient (Wildman–Crippen LogP) is 5.55. The minimum Gasteiger partial charge on any atom is -0.497 e. The number of nitrogens with one attached hydrogen (secondary N) is 1. The van der Waals surface area contributed by atoms with Gasteiger partial charge in [0.25, 0.3) is 0 Å². The van der Waals surface area contributed by atoms with Gasteiger partial charge in [-0.25, -0.2) is 0 Å². The molecule has 0 aliphatic heterocycles. The molecule has 0 radical (unpaired) electrons. The minimum absolute atomic E-state index is 0.0755. The Labute approximate surface area is 168 Å². The van der Waals surface area contributed by atoms with Crippen molar-refractivity contribution in [2.75, 3.05) is 12.4 Å². The van der Waals surface area contributed by atoms with Crippen molar-refractivity contribution in [1.82, 2.24) is 0 Å². The van der Waals surface area contributed by atoms with Crippen molar-refractivity contribution in [3.8, 4) is 11.5 Å². The molecule has 4 nitrogen and oxygen atoms in total. The van der Waals surface area contributed by atoms with Crippen molar-refractivity contribution in [2.24, 2.45) is 0 Å². The van der Waals surface area contributed by atoms with E-state index in [1.54, 1.807) is 7.11 Å². The van der Waals surface area contributed by atoms with Gasteiger partial charge in [0.15, 0.2) is 0 Å². The number of hydrogen-bond donors (Lipinski definition) is 1. The van der Waals surface area contributed by atoms with E-state index in [1.165, 1.54) is 0 Å². The van der Waals surface area contributed by atoms with Gasteiger partial charge >= 0.3 is 0 Å². The quantitative estimate of drug-likeness (QED) is 0.714. The molecule has 150 valence electrons. The lowest BCUT2D eigenvalue weighted by Crippen LogP contribution is -2.38. The lowest BCUT2D eigenvalue weighted by atomic mass is 9.78. The largest absolute Gasteiger partial charge is 0.497 e. The first kappa shape index (κ1) is 20.2. The van der Waals surface area contributed by atoms with Crippen molar-refractivity contribution in [3.05, 3.63) is 53.1 Å². The van der Waals surface area contributed by atoms with Gasteiger partial charge in [0.1, 0.15) is 11.5 Å². The summed E-state index contributed by atoms with van der Waals surface area (Å²) >= 11 is 0. The Morgan fingerprint density at radius 2 is 1.61 bits per heavy atom. The third kappa shape index (κ3) is 4.01. The smallest absolute Gasteiger partial charge is 0.235 e. The molecule has 0 saturated heterocycles. The fourth-order valence-corrected chi connectivity index (χ4v) is 4.23. The van der Waals surface area contributed by atoms with Crippen LogP contribution in [0.5, 0.6) is 11.5 Å². The lowest BCUT2D eigenvalue weighted by Gasteiger charge is -2.29. The summed E-state index contributed by atoms with van der Waals surface area (Å²) < 4.78 is 11.2. The standard InChI is InChI=1S/C24H31NO3/c1-16(2)28-22-17(3)14-20(15-18(22)4)25-23(26)24(12-6-7-13-24)19-8-10-21(27-5)11-9-19/h8-11,14-16H,6-7,12-13H2,1-5H3,(H,25,26). The number of rotatable bonds is 6. The predicted molar refractivity (Wildman–Crippen MR) is 113 cm³/mol. The molecule has 28 heavy (non-hydrogen) atoms. The van der Waals surface area contributed by atoms with Crippen LogP contribution in [-0.2, 0) is 10.2 Å². The van der Waals surface area contributed by atoms with Gasteiger partial charge < -0.3 is 14.8 Å². The Bertz CT molecular complexity index is 810. The molecule has 3 rings (SSSR count). The summed E-state index contributed by atoms with van der Waals surface area (Å²) in [5.74, 6) is 1.79. The van der Waals surface area contributed by atoms with Gasteiger partial charge in [0, 0.05) is 5.69 Å². The van der Waals surface area contributed by atoms with Crippen molar-refractivity contribution in [2.45, 2.75) is 64.9 Å². The second-order valence-electron chi connectivity index (χ2n) is 8.08. The first-order chi connectivity index (χ1) is 13.4. The molecule has 1 aliphatic carbocycles. The average molecular weight is 382 g/mol. The molecule has 2 aromatic carbocycles. The molecule has 0 bridgehead atoms. The first-order valence-corrected chi connectivity index (χ1v) is 10.1. The van der Waals surface area contributed by atoms with Gasteiger partial charge in [-0.05, 0) is 81.5 Å². The van der Waals surface area contributed by atoms with Crippen LogP contribution in [0.3, 0.4) is 0 Å². The Morgan fingerprint density at radius 3 is 2.11 bits per heavy atom. The normalized spacial score (nSPS) is 15.5. The van der Waals surface area contributed by atoms with Crippen molar-refractivity contribution in [1.29, 1.82) is 0 Å². The molecule has 0 spiro atoms. The van der Waals surface area contributed by atoms with Gasteiger partial charge in [-0.2, -0.15) is 0 Å². The summed E-state index contributed by atoms with van der Waals surface area (Å²) in [6.45, 7) is 8.09. The summed E-state index contributed by atoms with van der Waals surface area (Å²) in [5.41, 5.74) is 3.50. The molecule has 1 amide bonds. The minimum atomic E-state index is -0.471. The topological polar surface area (TPSA) is 47.6 Å². The Kier molecular flexibility index (Phi) is 5.97. The third-order valence-electron chi connectivity index (χ3n) is 5.61. The van der Waals surface area contributed by atoms with Crippen LogP contribution in [0.4, 0.5) is 5.69 Å². The van der Waals surface area contributed by atoms with Crippen LogP contribution >= 0.6 is 0 Å². The first-order valence-electron chi connectivity index (χ1n) is 10.1. The van der Waals surface area contributed by atoms with Crippen molar-refractivity contribution in [3.63, 3.8) is 0 Å². The van der Waals surface area contributed by atoms with Gasteiger partial charge in [0.2, 0.25) is 5.91 Å². The molecule has 0 aromatic heterocycles. The number of hydrogen-bond acceptors (Lipinski definition) is 3. The average Bonchev–Trinajstić information content (AvgIpc) is 3.16. The molecule has 1 N–H and O–H groups in total. The van der Waals surface area contributed by atoms with E-state index in [4.69, 9.17) is 9.47 Å². The Balaban J connectivity index is 1.87. The van der Waals surface area contributed by atoms with Crippen LogP contribution in [0.25, 0.3) is 0 Å². The van der Waals surface area contributed by atoms with E-state index in [9.17, 15) is 4.79 Å². The number of methoxy groups -OCH3 is 1. The summed E-state index contributed by atoms with van der Waals surface area (Å²) in [6.07, 6.45) is 4.00. The van der Waals surface area contributed by atoms with Crippen LogP contribution in [0.15, 0.2) is 36.4 Å². The molecule has 0 unspecified atom stereocenters. The zero-order valence-electron chi connectivity index (χ0n) is 17.6. The molecular formula is C24H31NO3. The van der Waals surface area contributed by atoms with E-state index < -0.39 is 5.41 Å². The monoisotopic (exact) mass is 381 g/mol. The zero-order chi connectivity index (χ0) is 20.3. The van der Waals surface area contributed by atoms with Gasteiger partial charge in [-0.1, -0.05) is 25.0 Å². The highest BCUT2D eigenvalue weighted by Gasteiger charge is 2.42. The molecule has 1 saturated carbocycles. The van der Waals surface area contributed by atoms with Gasteiger partial charge in [-0.15, -0.1) is 0 Å². The second kappa shape index (κ2) is 8.26. The highest BCUT2D eigenvalue weighted by molar-refractivity contribution is 5.99. The van der Waals surface area contributed by atoms with E-state index in [-0.39, 0.29) is 12.0 Å². The number of amides is 1. The maximum atomic E-state index is 13.4. The molecule has 2 aromatic rings. The van der Waals surface area contributed by atoms with E-state index in [2.05, 4.69) is 5.32 Å². The summed E-state index contributed by atoms with van der Waals surface area (Å²) in [6, 6.07) is 11.9. The van der Waals surface area contributed by atoms with E-state index >= 15 is 0 Å². The van der Waals surface area contributed by atoms with E-state index in [0.717, 1.165) is 59.6 Å². The molecule has 0 atom stereocenters. The highest BCUT2D eigenvalue weighted by Crippen LogP contribution is 2.42. The number of carbonyl (C=O) groups is 1. The Hall–Kier alpha value is -2.49. The van der Waals surface area contributed by atoms with Crippen LogP contribution in [0, 0.1) is 13.8 Å². The van der Waals surface area contributed by atoms with Crippen molar-refractivity contribution < 1.29 is 14.3 Å². The fraction of sp³-hybridized carbons (Fsp3) is 0.458. The summed E-state index contributed by atoms with van der Waals surface area (Å²) in [5, 5.41) is 3.19.